The normalized spacial score (nSPS) is 12.9. The fraction of sp³-hybridized carbons (Fsp3) is 0.667. The zero-order valence-electron chi connectivity index (χ0n) is 9.82. The number of hydrogen-bond donors (Lipinski definition) is 2. The lowest BCUT2D eigenvalue weighted by Gasteiger charge is -2.11. The van der Waals surface area contributed by atoms with Crippen molar-refractivity contribution in [1.29, 1.82) is 0 Å². The Bertz CT molecular complexity index is 249. The van der Waals surface area contributed by atoms with Crippen LogP contribution in [0.5, 0.6) is 0 Å². The van der Waals surface area contributed by atoms with Crippen molar-refractivity contribution in [2.75, 3.05) is 19.7 Å². The summed E-state index contributed by atoms with van der Waals surface area (Å²) in [5, 5.41) is 12.7. The Balaban J connectivity index is 1.95. The van der Waals surface area contributed by atoms with E-state index in [1.54, 1.807) is 6.26 Å². The van der Waals surface area contributed by atoms with Gasteiger partial charge in [0.25, 0.3) is 0 Å². The topological polar surface area (TPSA) is 54.6 Å². The predicted octanol–water partition coefficient (Wildman–Crippen LogP) is 1.55. The molecule has 0 aliphatic heterocycles. The van der Waals surface area contributed by atoms with E-state index >= 15 is 0 Å². The first kappa shape index (κ1) is 13.2. The fourth-order valence-corrected chi connectivity index (χ4v) is 1.32. The fourth-order valence-electron chi connectivity index (χ4n) is 1.32. The van der Waals surface area contributed by atoms with Crippen LogP contribution in [0.1, 0.15) is 25.5 Å². The lowest BCUT2D eigenvalue weighted by Crippen LogP contribution is -2.30. The largest absolute Gasteiger partial charge is 0.467 e. The van der Waals surface area contributed by atoms with Gasteiger partial charge in [0.1, 0.15) is 12.4 Å². The Kier molecular flexibility index (Phi) is 6.88. The maximum absolute atomic E-state index is 9.56. The number of ether oxygens (including phenoxy) is 1. The molecule has 1 aromatic heterocycles. The van der Waals surface area contributed by atoms with E-state index in [4.69, 9.17) is 9.15 Å². The first-order valence-corrected chi connectivity index (χ1v) is 5.81. The minimum absolute atomic E-state index is 0.333. The molecule has 1 atom stereocenters. The van der Waals surface area contributed by atoms with Gasteiger partial charge in [-0.2, -0.15) is 0 Å². The Morgan fingerprint density at radius 2 is 2.44 bits per heavy atom. The van der Waals surface area contributed by atoms with Crippen LogP contribution < -0.4 is 5.32 Å². The van der Waals surface area contributed by atoms with E-state index in [2.05, 4.69) is 12.2 Å². The predicted molar refractivity (Wildman–Crippen MR) is 62.1 cm³/mol. The summed E-state index contributed by atoms with van der Waals surface area (Å²) in [4.78, 5) is 0. The van der Waals surface area contributed by atoms with Crippen molar-refractivity contribution in [3.8, 4) is 0 Å². The molecule has 0 fully saturated rings. The standard InChI is InChI=1S/C12H21NO3/c1-2-3-6-13-8-11(14)9-15-10-12-5-4-7-16-12/h4-5,7,11,13-14H,2-3,6,8-10H2,1H3/t11-/m1/s1. The highest BCUT2D eigenvalue weighted by Crippen LogP contribution is 2.01. The van der Waals surface area contributed by atoms with Crippen molar-refractivity contribution >= 4 is 0 Å². The van der Waals surface area contributed by atoms with Crippen LogP contribution in [0.2, 0.25) is 0 Å². The van der Waals surface area contributed by atoms with Crippen LogP contribution in [0.25, 0.3) is 0 Å². The average molecular weight is 227 g/mol. The van der Waals surface area contributed by atoms with Gasteiger partial charge in [-0.3, -0.25) is 0 Å². The monoisotopic (exact) mass is 227 g/mol. The van der Waals surface area contributed by atoms with Gasteiger partial charge >= 0.3 is 0 Å². The van der Waals surface area contributed by atoms with Crippen molar-refractivity contribution in [2.45, 2.75) is 32.5 Å². The Labute approximate surface area is 96.6 Å². The summed E-state index contributed by atoms with van der Waals surface area (Å²) in [5.74, 6) is 0.783. The molecule has 0 amide bonds. The molecule has 0 saturated heterocycles. The van der Waals surface area contributed by atoms with Crippen LogP contribution in [0.4, 0.5) is 0 Å². The molecule has 2 N–H and O–H groups in total. The summed E-state index contributed by atoms with van der Waals surface area (Å²) < 4.78 is 10.4. The summed E-state index contributed by atoms with van der Waals surface area (Å²) >= 11 is 0. The van der Waals surface area contributed by atoms with Gasteiger partial charge in [-0.25, -0.2) is 0 Å². The molecular weight excluding hydrogens is 206 g/mol. The lowest BCUT2D eigenvalue weighted by atomic mass is 10.3. The summed E-state index contributed by atoms with van der Waals surface area (Å²) in [5.41, 5.74) is 0. The van der Waals surface area contributed by atoms with E-state index in [1.807, 2.05) is 12.1 Å². The van der Waals surface area contributed by atoms with Gasteiger partial charge in [-0.1, -0.05) is 13.3 Å². The number of unbranched alkanes of at least 4 members (excludes halogenated alkanes) is 1. The van der Waals surface area contributed by atoms with Gasteiger partial charge in [-0.15, -0.1) is 0 Å². The molecule has 1 aromatic rings. The van der Waals surface area contributed by atoms with E-state index in [9.17, 15) is 5.11 Å². The van der Waals surface area contributed by atoms with Gasteiger partial charge in [0, 0.05) is 6.54 Å². The first-order valence-electron chi connectivity index (χ1n) is 5.81. The Hall–Kier alpha value is -0.840. The smallest absolute Gasteiger partial charge is 0.129 e. The number of aliphatic hydroxyl groups is 1. The second kappa shape index (κ2) is 8.33. The molecule has 1 heterocycles. The summed E-state index contributed by atoms with van der Waals surface area (Å²) in [7, 11) is 0. The van der Waals surface area contributed by atoms with E-state index in [-0.39, 0.29) is 0 Å². The van der Waals surface area contributed by atoms with Crippen LogP contribution in [0.15, 0.2) is 22.8 Å². The second-order valence-electron chi connectivity index (χ2n) is 3.81. The molecule has 0 radical (unpaired) electrons. The number of furan rings is 1. The zero-order chi connectivity index (χ0) is 11.6. The maximum atomic E-state index is 9.56. The number of aliphatic hydroxyl groups excluding tert-OH is 1. The van der Waals surface area contributed by atoms with E-state index in [1.165, 1.54) is 0 Å². The van der Waals surface area contributed by atoms with Crippen LogP contribution in [-0.2, 0) is 11.3 Å². The van der Waals surface area contributed by atoms with Crippen LogP contribution in [0.3, 0.4) is 0 Å². The van der Waals surface area contributed by atoms with Crippen LogP contribution >= 0.6 is 0 Å². The third-order valence-corrected chi connectivity index (χ3v) is 2.22. The third-order valence-electron chi connectivity index (χ3n) is 2.22. The molecule has 1 rings (SSSR count). The third kappa shape index (κ3) is 5.90. The molecule has 92 valence electrons. The Morgan fingerprint density at radius 1 is 1.56 bits per heavy atom. The molecule has 0 aliphatic carbocycles. The highest BCUT2D eigenvalue weighted by molar-refractivity contribution is 4.96. The van der Waals surface area contributed by atoms with Crippen molar-refractivity contribution in [2.24, 2.45) is 0 Å². The zero-order valence-corrected chi connectivity index (χ0v) is 9.82. The van der Waals surface area contributed by atoms with Crippen molar-refractivity contribution < 1.29 is 14.3 Å². The molecule has 4 nitrogen and oxygen atoms in total. The summed E-state index contributed by atoms with van der Waals surface area (Å²) in [6.45, 7) is 4.42. The van der Waals surface area contributed by atoms with E-state index in [0.717, 1.165) is 25.1 Å². The molecule has 0 spiro atoms. The molecule has 0 aromatic carbocycles. The highest BCUT2D eigenvalue weighted by Gasteiger charge is 2.04. The van der Waals surface area contributed by atoms with Gasteiger partial charge in [0.15, 0.2) is 0 Å². The first-order chi connectivity index (χ1) is 7.83. The van der Waals surface area contributed by atoms with Crippen molar-refractivity contribution in [3.05, 3.63) is 24.2 Å². The van der Waals surface area contributed by atoms with Crippen molar-refractivity contribution in [3.63, 3.8) is 0 Å². The van der Waals surface area contributed by atoms with E-state index in [0.29, 0.717) is 19.8 Å². The summed E-state index contributed by atoms with van der Waals surface area (Å²) in [6, 6.07) is 3.67. The van der Waals surface area contributed by atoms with Gasteiger partial charge in [0.05, 0.1) is 19.0 Å². The summed E-state index contributed by atoms with van der Waals surface area (Å²) in [6.07, 6.45) is 3.46. The minimum atomic E-state index is -0.452. The number of hydrogen-bond acceptors (Lipinski definition) is 4. The Morgan fingerprint density at radius 3 is 3.12 bits per heavy atom. The highest BCUT2D eigenvalue weighted by atomic mass is 16.5. The number of rotatable bonds is 9. The van der Waals surface area contributed by atoms with Crippen LogP contribution in [0, 0.1) is 0 Å². The second-order valence-corrected chi connectivity index (χ2v) is 3.81. The minimum Gasteiger partial charge on any atom is -0.467 e. The molecule has 0 aliphatic rings. The number of nitrogens with one attached hydrogen (secondary N) is 1. The quantitative estimate of drug-likeness (QED) is 0.628. The molecule has 0 unspecified atom stereocenters. The van der Waals surface area contributed by atoms with Crippen molar-refractivity contribution in [1.82, 2.24) is 5.32 Å². The van der Waals surface area contributed by atoms with Gasteiger partial charge < -0.3 is 19.6 Å². The van der Waals surface area contributed by atoms with E-state index < -0.39 is 6.10 Å². The molecule has 4 heteroatoms. The maximum Gasteiger partial charge on any atom is 0.129 e. The molecular formula is C12H21NO3. The molecule has 16 heavy (non-hydrogen) atoms. The van der Waals surface area contributed by atoms with Gasteiger partial charge in [-0.05, 0) is 25.1 Å². The molecule has 0 bridgehead atoms. The lowest BCUT2D eigenvalue weighted by molar-refractivity contribution is 0.0227. The van der Waals surface area contributed by atoms with Crippen LogP contribution in [-0.4, -0.2) is 30.9 Å². The average Bonchev–Trinajstić information content (AvgIpc) is 2.77. The SMILES string of the molecule is CCCCNC[C@@H](O)COCc1ccco1. The molecule has 0 saturated carbocycles. The van der Waals surface area contributed by atoms with Gasteiger partial charge in [0.2, 0.25) is 0 Å².